The van der Waals surface area contributed by atoms with Gasteiger partial charge in [-0.05, 0) is 0 Å². The Kier molecular flexibility index (Phi) is 1.53. The number of rotatable bonds is 0. The van der Waals surface area contributed by atoms with Gasteiger partial charge >= 0.3 is 54.1 Å². The molecule has 0 unspecified atom stereocenters. The number of thiophene rings is 1. The van der Waals surface area contributed by atoms with Gasteiger partial charge in [-0.15, -0.1) is 0 Å². The van der Waals surface area contributed by atoms with Crippen molar-refractivity contribution in [3.63, 3.8) is 0 Å². The molecule has 1 aromatic heterocycles. The number of hydrogen-bond acceptors (Lipinski definition) is 1. The topological polar surface area (TPSA) is 0 Å². The average molecular weight is 212 g/mol. The molecule has 6 heavy (non-hydrogen) atoms. The molecule has 32 valence electrons. The van der Waals surface area contributed by atoms with Crippen molar-refractivity contribution in [2.24, 2.45) is 0 Å². The Balaban J connectivity index is 3.05. The Hall–Kier alpha value is 0.490. The predicted molar refractivity (Wildman–Crippen MR) is 31.1 cm³/mol. The third kappa shape index (κ3) is 0.975. The fourth-order valence-corrected chi connectivity index (χ4v) is 1.49. The Morgan fingerprint density at radius 1 is 1.67 bits per heavy atom. The first-order chi connectivity index (χ1) is 2.89. The zero-order valence-electron chi connectivity index (χ0n) is 3.09. The van der Waals surface area contributed by atoms with E-state index in [9.17, 15) is 0 Å². The summed E-state index contributed by atoms with van der Waals surface area (Å²) < 4.78 is 1.43. The third-order valence-corrected chi connectivity index (χ3v) is 2.50. The zero-order valence-corrected chi connectivity index (χ0v) is 6.46. The first-order valence-electron chi connectivity index (χ1n) is 1.62. The van der Waals surface area contributed by atoms with E-state index < -0.39 is 0 Å². The van der Waals surface area contributed by atoms with Crippen molar-refractivity contribution in [3.8, 4) is 0 Å². The first-order valence-corrected chi connectivity index (χ1v) is 3.77. The van der Waals surface area contributed by atoms with E-state index in [1.807, 2.05) is 0 Å². The van der Waals surface area contributed by atoms with E-state index in [0.717, 1.165) is 0 Å². The second kappa shape index (κ2) is 1.97. The molecule has 0 aliphatic rings. The normalized spacial score (nSPS) is 8.83. The van der Waals surface area contributed by atoms with Crippen molar-refractivity contribution in [1.82, 2.24) is 0 Å². The van der Waals surface area contributed by atoms with Crippen LogP contribution in [0.2, 0.25) is 0 Å². The average Bonchev–Trinajstić information content (AvgIpc) is 1.86. The summed E-state index contributed by atoms with van der Waals surface area (Å²) in [6, 6.07) is 4.19. The second-order valence-corrected chi connectivity index (χ2v) is 4.18. The Labute approximate surface area is 54.1 Å². The molecule has 0 N–H and O–H groups in total. The van der Waals surface area contributed by atoms with Gasteiger partial charge in [-0.25, -0.2) is 0 Å². The van der Waals surface area contributed by atoms with Crippen LogP contribution in [0.25, 0.3) is 0 Å². The van der Waals surface area contributed by atoms with Crippen LogP contribution in [0.15, 0.2) is 17.5 Å². The molecular formula is C4H4STe. The van der Waals surface area contributed by atoms with Crippen LogP contribution in [-0.2, 0) is 0 Å². The molecule has 0 saturated carbocycles. The predicted octanol–water partition coefficient (Wildman–Crippen LogP) is 0.274. The molecule has 0 saturated heterocycles. The molecule has 0 amide bonds. The summed E-state index contributed by atoms with van der Waals surface area (Å²) in [5.74, 6) is 0. The standard InChI is InChI=1S/C4H4STe/c6-4-2-1-3-5-4/h1-3,6H. The van der Waals surface area contributed by atoms with Crippen molar-refractivity contribution in [1.29, 1.82) is 0 Å². The van der Waals surface area contributed by atoms with Gasteiger partial charge in [-0.1, -0.05) is 0 Å². The molecule has 0 radical (unpaired) electrons. The van der Waals surface area contributed by atoms with E-state index in [1.54, 1.807) is 33.6 Å². The summed E-state index contributed by atoms with van der Waals surface area (Å²) in [7, 11) is 0. The van der Waals surface area contributed by atoms with Crippen molar-refractivity contribution in [2.75, 3.05) is 0 Å². The minimum absolute atomic E-state index is 1.43. The van der Waals surface area contributed by atoms with Gasteiger partial charge in [0.05, 0.1) is 0 Å². The Morgan fingerprint density at radius 2 is 2.50 bits per heavy atom. The van der Waals surface area contributed by atoms with Crippen molar-refractivity contribution in [3.05, 3.63) is 17.5 Å². The molecule has 1 heterocycles. The molecule has 0 aliphatic carbocycles. The summed E-state index contributed by atoms with van der Waals surface area (Å²) in [6.45, 7) is 0. The molecular weight excluding hydrogens is 208 g/mol. The fourth-order valence-electron chi connectivity index (χ4n) is 0.270. The van der Waals surface area contributed by atoms with Gasteiger partial charge in [-0.2, -0.15) is 0 Å². The Morgan fingerprint density at radius 3 is 2.67 bits per heavy atom. The quantitative estimate of drug-likeness (QED) is 0.541. The third-order valence-electron chi connectivity index (χ3n) is 0.506. The molecule has 2 heteroatoms. The first kappa shape index (κ1) is 4.64. The van der Waals surface area contributed by atoms with Gasteiger partial charge in [0.25, 0.3) is 0 Å². The van der Waals surface area contributed by atoms with Gasteiger partial charge in [0.2, 0.25) is 0 Å². The van der Waals surface area contributed by atoms with Crippen LogP contribution in [-0.4, -0.2) is 22.3 Å². The van der Waals surface area contributed by atoms with E-state index >= 15 is 0 Å². The van der Waals surface area contributed by atoms with Crippen LogP contribution in [0, 0.1) is 0 Å². The molecule has 0 fully saturated rings. The van der Waals surface area contributed by atoms with E-state index in [-0.39, 0.29) is 0 Å². The molecule has 0 aromatic carbocycles. The van der Waals surface area contributed by atoms with Crippen LogP contribution in [0.4, 0.5) is 0 Å². The molecule has 1 aromatic rings. The van der Waals surface area contributed by atoms with E-state index in [1.165, 1.54) is 2.93 Å². The van der Waals surface area contributed by atoms with Crippen LogP contribution in [0.1, 0.15) is 0 Å². The second-order valence-electron chi connectivity index (χ2n) is 0.951. The van der Waals surface area contributed by atoms with Gasteiger partial charge in [0, 0.05) is 0 Å². The molecule has 0 atom stereocenters. The molecule has 1 rings (SSSR count). The van der Waals surface area contributed by atoms with Crippen LogP contribution < -0.4 is 2.93 Å². The Bertz CT molecular complexity index is 111. The molecule has 0 bridgehead atoms. The van der Waals surface area contributed by atoms with Gasteiger partial charge in [0.15, 0.2) is 0 Å². The summed E-state index contributed by atoms with van der Waals surface area (Å²) >= 11 is 3.58. The molecule has 0 aliphatic heterocycles. The summed E-state index contributed by atoms with van der Waals surface area (Å²) in [5.41, 5.74) is 0. The van der Waals surface area contributed by atoms with Gasteiger partial charge < -0.3 is 0 Å². The summed E-state index contributed by atoms with van der Waals surface area (Å²) in [5, 5.41) is 2.09. The zero-order chi connectivity index (χ0) is 4.41. The monoisotopic (exact) mass is 214 g/mol. The van der Waals surface area contributed by atoms with E-state index in [2.05, 4.69) is 17.5 Å². The van der Waals surface area contributed by atoms with E-state index in [0.29, 0.717) is 0 Å². The SMILES string of the molecule is [TeH]c1cccs1. The minimum atomic E-state index is 1.43. The maximum absolute atomic E-state index is 2.12. The van der Waals surface area contributed by atoms with Crippen LogP contribution >= 0.6 is 11.3 Å². The van der Waals surface area contributed by atoms with Crippen molar-refractivity contribution in [2.45, 2.75) is 0 Å². The van der Waals surface area contributed by atoms with Crippen molar-refractivity contribution >= 4 is 36.6 Å². The summed E-state index contributed by atoms with van der Waals surface area (Å²) in [6.07, 6.45) is 0. The van der Waals surface area contributed by atoms with Crippen LogP contribution in [0.3, 0.4) is 0 Å². The van der Waals surface area contributed by atoms with Gasteiger partial charge in [0.1, 0.15) is 0 Å². The van der Waals surface area contributed by atoms with Crippen LogP contribution in [0.5, 0.6) is 0 Å². The van der Waals surface area contributed by atoms with Gasteiger partial charge in [-0.3, -0.25) is 0 Å². The number of hydrogen-bond donors (Lipinski definition) is 0. The molecule has 0 nitrogen and oxygen atoms in total. The van der Waals surface area contributed by atoms with E-state index in [4.69, 9.17) is 0 Å². The maximum atomic E-state index is 2.12. The summed E-state index contributed by atoms with van der Waals surface area (Å²) in [4.78, 5) is 0. The van der Waals surface area contributed by atoms with Crippen molar-refractivity contribution < 1.29 is 0 Å². The molecule has 0 spiro atoms. The fraction of sp³-hybridized carbons (Fsp3) is 0.